The molecule has 22 heavy (non-hydrogen) atoms. The van der Waals surface area contributed by atoms with Crippen LogP contribution in [0.25, 0.3) is 0 Å². The van der Waals surface area contributed by atoms with Gasteiger partial charge >= 0.3 is 16.2 Å². The average molecular weight is 354 g/mol. The average Bonchev–Trinajstić information content (AvgIpc) is 2.69. The summed E-state index contributed by atoms with van der Waals surface area (Å²) in [5, 5.41) is 8.86. The summed E-state index contributed by atoms with van der Waals surface area (Å²) in [5.74, 6) is -4.99. The molecule has 120 valence electrons. The molecule has 1 aromatic carbocycles. The number of hydrogen-bond acceptors (Lipinski definition) is 4. The molecule has 2 rings (SSSR count). The first-order valence-electron chi connectivity index (χ1n) is 6.04. The SMILES string of the molecule is O=C(O)c1c(Cl)ccc(F)c1N1CC(CS(=O)(=O)F)CC1=O. The van der Waals surface area contributed by atoms with E-state index in [9.17, 15) is 26.3 Å². The van der Waals surface area contributed by atoms with Crippen molar-refractivity contribution in [3.05, 3.63) is 28.5 Å². The van der Waals surface area contributed by atoms with Crippen LogP contribution in [0.3, 0.4) is 0 Å². The van der Waals surface area contributed by atoms with E-state index in [1.807, 2.05) is 0 Å². The van der Waals surface area contributed by atoms with Crippen LogP contribution in [0.15, 0.2) is 12.1 Å². The van der Waals surface area contributed by atoms with Crippen LogP contribution in [0.5, 0.6) is 0 Å². The second-order valence-electron chi connectivity index (χ2n) is 4.84. The highest BCUT2D eigenvalue weighted by Gasteiger charge is 2.37. The van der Waals surface area contributed by atoms with Crippen LogP contribution >= 0.6 is 11.6 Å². The lowest BCUT2D eigenvalue weighted by Crippen LogP contribution is -2.28. The molecule has 1 saturated heterocycles. The van der Waals surface area contributed by atoms with E-state index in [0.717, 1.165) is 17.0 Å². The number of aromatic carboxylic acids is 1. The van der Waals surface area contributed by atoms with Gasteiger partial charge in [0.15, 0.2) is 0 Å². The van der Waals surface area contributed by atoms with Crippen LogP contribution in [-0.2, 0) is 15.0 Å². The summed E-state index contributed by atoms with van der Waals surface area (Å²) >= 11 is 5.72. The molecule has 0 aliphatic carbocycles. The van der Waals surface area contributed by atoms with E-state index in [1.165, 1.54) is 0 Å². The minimum Gasteiger partial charge on any atom is -0.478 e. The van der Waals surface area contributed by atoms with Gasteiger partial charge in [-0.3, -0.25) is 4.79 Å². The lowest BCUT2D eigenvalue weighted by atomic mass is 10.1. The summed E-state index contributed by atoms with van der Waals surface area (Å²) in [7, 11) is -4.80. The minimum atomic E-state index is -4.80. The third kappa shape index (κ3) is 3.36. The van der Waals surface area contributed by atoms with Crippen LogP contribution in [0, 0.1) is 11.7 Å². The van der Waals surface area contributed by atoms with Crippen LogP contribution < -0.4 is 4.90 Å². The van der Waals surface area contributed by atoms with Gasteiger partial charge < -0.3 is 10.0 Å². The lowest BCUT2D eigenvalue weighted by molar-refractivity contribution is -0.117. The zero-order valence-electron chi connectivity index (χ0n) is 10.9. The first-order chi connectivity index (χ1) is 10.1. The molecular formula is C12H10ClF2NO5S. The molecule has 6 nitrogen and oxygen atoms in total. The molecule has 1 atom stereocenters. The van der Waals surface area contributed by atoms with Crippen molar-refractivity contribution in [2.75, 3.05) is 17.2 Å². The van der Waals surface area contributed by atoms with E-state index >= 15 is 0 Å². The fourth-order valence-electron chi connectivity index (χ4n) is 2.40. The van der Waals surface area contributed by atoms with Crippen molar-refractivity contribution in [1.82, 2.24) is 0 Å². The quantitative estimate of drug-likeness (QED) is 0.834. The number of nitrogens with zero attached hydrogens (tertiary/aromatic N) is 1. The number of hydrogen-bond donors (Lipinski definition) is 1. The summed E-state index contributed by atoms with van der Waals surface area (Å²) < 4.78 is 48.0. The number of carbonyl (C=O) groups is 2. The number of carboxylic acids is 1. The largest absolute Gasteiger partial charge is 0.478 e. The van der Waals surface area contributed by atoms with E-state index in [0.29, 0.717) is 0 Å². The molecule has 10 heteroatoms. The van der Waals surface area contributed by atoms with E-state index in [4.69, 9.17) is 16.7 Å². The van der Waals surface area contributed by atoms with E-state index in [2.05, 4.69) is 0 Å². The molecule has 1 aliphatic heterocycles. The maximum absolute atomic E-state index is 14.0. The molecular weight excluding hydrogens is 344 g/mol. The zero-order valence-corrected chi connectivity index (χ0v) is 12.5. The van der Waals surface area contributed by atoms with Crippen molar-refractivity contribution in [3.63, 3.8) is 0 Å². The normalized spacial score (nSPS) is 18.8. The monoisotopic (exact) mass is 353 g/mol. The molecule has 0 saturated carbocycles. The zero-order chi connectivity index (χ0) is 16.7. The van der Waals surface area contributed by atoms with Gasteiger partial charge in [-0.05, 0) is 12.1 Å². The highest BCUT2D eigenvalue weighted by atomic mass is 35.5. The Labute approximate surface area is 129 Å². The van der Waals surface area contributed by atoms with Gasteiger partial charge in [-0.1, -0.05) is 11.6 Å². The summed E-state index contributed by atoms with van der Waals surface area (Å²) in [6, 6.07) is 1.94. The Morgan fingerprint density at radius 2 is 2.09 bits per heavy atom. The number of carboxylic acid groups (broad SMARTS) is 1. The Kier molecular flexibility index (Phi) is 4.39. The van der Waals surface area contributed by atoms with Gasteiger partial charge in [0.2, 0.25) is 5.91 Å². The molecule has 1 aromatic rings. The maximum Gasteiger partial charge on any atom is 0.339 e. The van der Waals surface area contributed by atoms with Gasteiger partial charge in [0.25, 0.3) is 0 Å². The van der Waals surface area contributed by atoms with Gasteiger partial charge in [0.05, 0.1) is 16.5 Å². The smallest absolute Gasteiger partial charge is 0.339 e. The van der Waals surface area contributed by atoms with Gasteiger partial charge in [-0.25, -0.2) is 9.18 Å². The lowest BCUT2D eigenvalue weighted by Gasteiger charge is -2.20. The van der Waals surface area contributed by atoms with Crippen molar-refractivity contribution < 1.29 is 31.4 Å². The molecule has 0 radical (unpaired) electrons. The maximum atomic E-state index is 14.0. The Bertz CT molecular complexity index is 752. The summed E-state index contributed by atoms with van der Waals surface area (Å²) in [6.07, 6.45) is -0.325. The van der Waals surface area contributed by atoms with E-state index in [-0.39, 0.29) is 18.0 Å². The van der Waals surface area contributed by atoms with E-state index < -0.39 is 50.8 Å². The Hall–Kier alpha value is -1.74. The number of benzene rings is 1. The summed E-state index contributed by atoms with van der Waals surface area (Å²) in [6.45, 7) is -0.306. The predicted molar refractivity (Wildman–Crippen MR) is 73.7 cm³/mol. The first-order valence-corrected chi connectivity index (χ1v) is 7.97. The molecule has 1 unspecified atom stereocenters. The Morgan fingerprint density at radius 1 is 1.45 bits per heavy atom. The Morgan fingerprint density at radius 3 is 2.64 bits per heavy atom. The van der Waals surface area contributed by atoms with Crippen molar-refractivity contribution in [2.24, 2.45) is 5.92 Å². The fraction of sp³-hybridized carbons (Fsp3) is 0.333. The summed E-state index contributed by atoms with van der Waals surface area (Å²) in [4.78, 5) is 23.9. The van der Waals surface area contributed by atoms with Crippen molar-refractivity contribution >= 4 is 39.4 Å². The van der Waals surface area contributed by atoms with Gasteiger partial charge in [0.1, 0.15) is 11.4 Å². The standard InChI is InChI=1S/C12H10ClF2NO5S/c13-7-1-2-8(14)11(10(7)12(18)19)16-4-6(3-9(16)17)5-22(15,20)21/h1-2,6H,3-5H2,(H,18,19). The first kappa shape index (κ1) is 16.6. The van der Waals surface area contributed by atoms with Gasteiger partial charge in [-0.15, -0.1) is 3.89 Å². The van der Waals surface area contributed by atoms with Crippen molar-refractivity contribution in [1.29, 1.82) is 0 Å². The highest BCUT2D eigenvalue weighted by molar-refractivity contribution is 7.86. The van der Waals surface area contributed by atoms with Crippen LogP contribution in [0.4, 0.5) is 14.0 Å². The van der Waals surface area contributed by atoms with E-state index in [1.54, 1.807) is 0 Å². The van der Waals surface area contributed by atoms with Crippen LogP contribution in [0.2, 0.25) is 5.02 Å². The molecule has 1 fully saturated rings. The number of anilines is 1. The summed E-state index contributed by atoms with van der Waals surface area (Å²) in [5.41, 5.74) is -1.14. The minimum absolute atomic E-state index is 0.265. The van der Waals surface area contributed by atoms with Gasteiger partial charge in [0, 0.05) is 18.9 Å². The van der Waals surface area contributed by atoms with Crippen LogP contribution in [-0.4, -0.2) is 37.7 Å². The third-order valence-corrected chi connectivity index (χ3v) is 4.39. The number of amides is 1. The molecule has 1 aliphatic rings. The second kappa shape index (κ2) is 5.81. The topological polar surface area (TPSA) is 91.8 Å². The third-order valence-electron chi connectivity index (χ3n) is 3.20. The molecule has 1 heterocycles. The fourth-order valence-corrected chi connectivity index (χ4v) is 3.42. The molecule has 0 spiro atoms. The Balaban J connectivity index is 2.43. The number of carbonyl (C=O) groups excluding carboxylic acids is 1. The van der Waals surface area contributed by atoms with Crippen LogP contribution in [0.1, 0.15) is 16.8 Å². The van der Waals surface area contributed by atoms with Crippen molar-refractivity contribution in [3.8, 4) is 0 Å². The molecule has 1 N–H and O–H groups in total. The predicted octanol–water partition coefficient (Wildman–Crippen LogP) is 1.83. The number of halogens is 3. The van der Waals surface area contributed by atoms with Crippen molar-refractivity contribution in [2.45, 2.75) is 6.42 Å². The second-order valence-corrected chi connectivity index (χ2v) is 6.66. The molecule has 0 aromatic heterocycles. The van der Waals surface area contributed by atoms with Gasteiger partial charge in [-0.2, -0.15) is 8.42 Å². The highest BCUT2D eigenvalue weighted by Crippen LogP contribution is 2.35. The molecule has 0 bridgehead atoms. The number of rotatable bonds is 4. The molecule has 1 amide bonds.